The Bertz CT molecular complexity index is 651. The number of benzene rings is 2. The summed E-state index contributed by atoms with van der Waals surface area (Å²) in [6.07, 6.45) is 0.205. The smallest absolute Gasteiger partial charge is 0.310 e. The zero-order valence-electron chi connectivity index (χ0n) is 12.1. The molecular weight excluding hydrogens is 346 g/mol. The third kappa shape index (κ3) is 5.33. The number of hydrogen-bond acceptors (Lipinski definition) is 3. The Morgan fingerprint density at radius 2 is 1.59 bits per heavy atom. The molecule has 0 aliphatic heterocycles. The van der Waals surface area contributed by atoms with Crippen molar-refractivity contribution in [3.63, 3.8) is 0 Å². The Hall–Kier alpha value is -2.14. The molecule has 2 rings (SSSR count). The molecule has 0 saturated carbocycles. The normalized spacial score (nSPS) is 10.1. The van der Waals surface area contributed by atoms with Crippen LogP contribution in [0.4, 0.5) is 5.69 Å². The van der Waals surface area contributed by atoms with Crippen LogP contribution >= 0.6 is 15.9 Å². The van der Waals surface area contributed by atoms with E-state index in [0.717, 1.165) is 15.6 Å². The lowest BCUT2D eigenvalue weighted by molar-refractivity contribution is -0.144. The van der Waals surface area contributed by atoms with Crippen molar-refractivity contribution < 1.29 is 14.3 Å². The van der Waals surface area contributed by atoms with Gasteiger partial charge in [0.05, 0.1) is 6.42 Å². The Morgan fingerprint density at radius 3 is 2.18 bits per heavy atom. The Morgan fingerprint density at radius 1 is 1.00 bits per heavy atom. The highest BCUT2D eigenvalue weighted by Crippen LogP contribution is 2.13. The first-order chi connectivity index (χ1) is 10.5. The number of carbonyl (C=O) groups excluding carboxylic acids is 2. The van der Waals surface area contributed by atoms with Crippen molar-refractivity contribution in [2.75, 3.05) is 5.32 Å². The fourth-order valence-corrected chi connectivity index (χ4v) is 2.14. The fraction of sp³-hybridized carbons (Fsp3) is 0.176. The highest BCUT2D eigenvalue weighted by Gasteiger charge is 2.06. The van der Waals surface area contributed by atoms with Crippen molar-refractivity contribution in [3.8, 4) is 0 Å². The van der Waals surface area contributed by atoms with E-state index in [2.05, 4.69) is 21.2 Å². The maximum atomic E-state index is 11.8. The van der Waals surface area contributed by atoms with Gasteiger partial charge >= 0.3 is 5.97 Å². The molecule has 0 saturated heterocycles. The topological polar surface area (TPSA) is 55.4 Å². The van der Waals surface area contributed by atoms with E-state index >= 15 is 0 Å². The van der Waals surface area contributed by atoms with Crippen LogP contribution in [-0.2, 0) is 27.4 Å². The Balaban J connectivity index is 1.83. The maximum absolute atomic E-state index is 11.8. The number of halogens is 1. The van der Waals surface area contributed by atoms with Gasteiger partial charge in [-0.2, -0.15) is 0 Å². The van der Waals surface area contributed by atoms with Crippen LogP contribution in [0.15, 0.2) is 53.0 Å². The molecule has 22 heavy (non-hydrogen) atoms. The summed E-state index contributed by atoms with van der Waals surface area (Å²) < 4.78 is 6.23. The third-order valence-electron chi connectivity index (χ3n) is 2.94. The van der Waals surface area contributed by atoms with Gasteiger partial charge in [-0.1, -0.05) is 40.2 Å². The second-order valence-corrected chi connectivity index (χ2v) is 5.76. The summed E-state index contributed by atoms with van der Waals surface area (Å²) in [4.78, 5) is 22.7. The van der Waals surface area contributed by atoms with Crippen molar-refractivity contribution in [1.82, 2.24) is 0 Å². The van der Waals surface area contributed by atoms with E-state index in [1.165, 1.54) is 6.92 Å². The largest absolute Gasteiger partial charge is 0.461 e. The average Bonchev–Trinajstić information content (AvgIpc) is 2.48. The number of amides is 1. The van der Waals surface area contributed by atoms with Crippen molar-refractivity contribution in [1.29, 1.82) is 0 Å². The number of rotatable bonds is 5. The quantitative estimate of drug-likeness (QED) is 0.826. The summed E-state index contributed by atoms with van der Waals surface area (Å²) in [5, 5.41) is 2.68. The van der Waals surface area contributed by atoms with Gasteiger partial charge in [-0.3, -0.25) is 9.59 Å². The van der Waals surface area contributed by atoms with Gasteiger partial charge in [-0.15, -0.1) is 0 Å². The molecule has 4 nitrogen and oxygen atoms in total. The zero-order valence-corrected chi connectivity index (χ0v) is 13.7. The van der Waals surface area contributed by atoms with E-state index in [4.69, 9.17) is 4.74 Å². The number of carbonyl (C=O) groups is 2. The maximum Gasteiger partial charge on any atom is 0.310 e. The molecule has 0 fully saturated rings. The molecule has 2 aromatic carbocycles. The minimum atomic E-state index is -0.282. The Labute approximate surface area is 137 Å². The van der Waals surface area contributed by atoms with Gasteiger partial charge in [0.15, 0.2) is 0 Å². The standard InChI is InChI=1S/C17H16BrNO3/c1-12(20)19-16-8-4-13(5-9-16)10-17(21)22-11-14-2-6-15(18)7-3-14/h2-9H,10-11H2,1H3,(H,19,20). The molecule has 0 unspecified atom stereocenters. The van der Waals surface area contributed by atoms with E-state index in [1.54, 1.807) is 24.3 Å². The van der Waals surface area contributed by atoms with Gasteiger partial charge in [0.25, 0.3) is 0 Å². The van der Waals surface area contributed by atoms with Gasteiger partial charge in [-0.25, -0.2) is 0 Å². The molecule has 1 amide bonds. The van der Waals surface area contributed by atoms with E-state index in [-0.39, 0.29) is 24.9 Å². The van der Waals surface area contributed by atoms with Crippen LogP contribution in [0.5, 0.6) is 0 Å². The van der Waals surface area contributed by atoms with Gasteiger partial charge in [0, 0.05) is 17.1 Å². The predicted octanol–water partition coefficient (Wildman–Crippen LogP) is 3.69. The molecule has 0 radical (unpaired) electrons. The van der Waals surface area contributed by atoms with E-state index in [0.29, 0.717) is 5.69 Å². The summed E-state index contributed by atoms with van der Waals surface area (Å²) in [5.41, 5.74) is 2.49. The van der Waals surface area contributed by atoms with E-state index < -0.39 is 0 Å². The lowest BCUT2D eigenvalue weighted by atomic mass is 10.1. The van der Waals surface area contributed by atoms with Crippen LogP contribution in [0.1, 0.15) is 18.1 Å². The SMILES string of the molecule is CC(=O)Nc1ccc(CC(=O)OCc2ccc(Br)cc2)cc1. The van der Waals surface area contributed by atoms with Crippen molar-refractivity contribution in [2.24, 2.45) is 0 Å². The van der Waals surface area contributed by atoms with Gasteiger partial charge < -0.3 is 10.1 Å². The number of hydrogen-bond donors (Lipinski definition) is 1. The first-order valence-corrected chi connectivity index (χ1v) is 7.59. The monoisotopic (exact) mass is 361 g/mol. The average molecular weight is 362 g/mol. The zero-order chi connectivity index (χ0) is 15.9. The van der Waals surface area contributed by atoms with Crippen LogP contribution in [0.3, 0.4) is 0 Å². The molecule has 2 aromatic rings. The minimum absolute atomic E-state index is 0.123. The molecule has 0 aliphatic rings. The lowest BCUT2D eigenvalue weighted by Crippen LogP contribution is -2.09. The summed E-state index contributed by atoms with van der Waals surface area (Å²) in [6, 6.07) is 14.7. The van der Waals surface area contributed by atoms with Crippen LogP contribution in [0.2, 0.25) is 0 Å². The van der Waals surface area contributed by atoms with Gasteiger partial charge in [-0.05, 0) is 35.4 Å². The second-order valence-electron chi connectivity index (χ2n) is 4.84. The first kappa shape index (κ1) is 16.2. The predicted molar refractivity (Wildman–Crippen MR) is 88.4 cm³/mol. The van der Waals surface area contributed by atoms with Crippen LogP contribution < -0.4 is 5.32 Å². The summed E-state index contributed by atoms with van der Waals surface area (Å²) in [7, 11) is 0. The molecule has 0 atom stereocenters. The molecule has 0 aromatic heterocycles. The summed E-state index contributed by atoms with van der Waals surface area (Å²) in [6.45, 7) is 1.71. The van der Waals surface area contributed by atoms with Crippen molar-refractivity contribution in [3.05, 3.63) is 64.1 Å². The highest BCUT2D eigenvalue weighted by molar-refractivity contribution is 9.10. The summed E-state index contributed by atoms with van der Waals surface area (Å²) in [5.74, 6) is -0.406. The Kier molecular flexibility index (Phi) is 5.72. The minimum Gasteiger partial charge on any atom is -0.461 e. The third-order valence-corrected chi connectivity index (χ3v) is 3.46. The molecule has 0 aliphatic carbocycles. The highest BCUT2D eigenvalue weighted by atomic mass is 79.9. The van der Waals surface area contributed by atoms with Crippen LogP contribution in [0, 0.1) is 0 Å². The first-order valence-electron chi connectivity index (χ1n) is 6.79. The van der Waals surface area contributed by atoms with Crippen molar-refractivity contribution >= 4 is 33.5 Å². The van der Waals surface area contributed by atoms with Crippen LogP contribution in [0.25, 0.3) is 0 Å². The molecule has 1 N–H and O–H groups in total. The van der Waals surface area contributed by atoms with E-state index in [9.17, 15) is 9.59 Å². The van der Waals surface area contributed by atoms with E-state index in [1.807, 2.05) is 24.3 Å². The molecular formula is C17H16BrNO3. The van der Waals surface area contributed by atoms with Crippen LogP contribution in [-0.4, -0.2) is 11.9 Å². The molecule has 5 heteroatoms. The molecule has 0 spiro atoms. The van der Waals surface area contributed by atoms with Gasteiger partial charge in [0.2, 0.25) is 5.91 Å². The number of nitrogens with one attached hydrogen (secondary N) is 1. The number of ether oxygens (including phenoxy) is 1. The lowest BCUT2D eigenvalue weighted by Gasteiger charge is -2.06. The molecule has 114 valence electrons. The van der Waals surface area contributed by atoms with Gasteiger partial charge in [0.1, 0.15) is 6.61 Å². The summed E-state index contributed by atoms with van der Waals surface area (Å²) >= 11 is 3.36. The molecule has 0 bridgehead atoms. The number of anilines is 1. The van der Waals surface area contributed by atoms with Crippen molar-refractivity contribution in [2.45, 2.75) is 20.0 Å². The second kappa shape index (κ2) is 7.75. The number of esters is 1. The molecule has 0 heterocycles. The fourth-order valence-electron chi connectivity index (χ4n) is 1.87.